The Balaban J connectivity index is 1.91. The maximum absolute atomic E-state index is 12.9. The molecule has 1 unspecified atom stereocenters. The van der Waals surface area contributed by atoms with E-state index in [4.69, 9.17) is 16.0 Å². The lowest BCUT2D eigenvalue weighted by molar-refractivity contribution is -0.132. The third-order valence-corrected chi connectivity index (χ3v) is 4.94. The Labute approximate surface area is 166 Å². The summed E-state index contributed by atoms with van der Waals surface area (Å²) >= 11 is 5.95. The van der Waals surface area contributed by atoms with Crippen molar-refractivity contribution < 1.29 is 19.1 Å². The highest BCUT2D eigenvalue weighted by Gasteiger charge is 2.48. The van der Waals surface area contributed by atoms with Crippen LogP contribution in [0.5, 0.6) is 0 Å². The summed E-state index contributed by atoms with van der Waals surface area (Å²) in [6, 6.07) is 16.1. The monoisotopic (exact) mass is 393 g/mol. The number of carbonyl (C=O) groups excluding carboxylic acids is 2. The van der Waals surface area contributed by atoms with Gasteiger partial charge in [-0.15, -0.1) is 0 Å². The Morgan fingerprint density at radius 1 is 1.04 bits per heavy atom. The van der Waals surface area contributed by atoms with Gasteiger partial charge in [0.25, 0.3) is 11.7 Å². The molecule has 0 saturated carbocycles. The van der Waals surface area contributed by atoms with Gasteiger partial charge in [-0.25, -0.2) is 0 Å². The van der Waals surface area contributed by atoms with E-state index in [1.807, 2.05) is 19.1 Å². The van der Waals surface area contributed by atoms with Gasteiger partial charge in [0.1, 0.15) is 17.6 Å². The molecule has 0 spiro atoms. The Kier molecular flexibility index (Phi) is 4.53. The van der Waals surface area contributed by atoms with Crippen LogP contribution in [0.2, 0.25) is 5.02 Å². The Morgan fingerprint density at radius 2 is 1.71 bits per heavy atom. The Bertz CT molecular complexity index is 1070. The molecule has 0 bridgehead atoms. The molecule has 1 aromatic heterocycles. The first-order chi connectivity index (χ1) is 13.5. The fourth-order valence-corrected chi connectivity index (χ4v) is 3.41. The summed E-state index contributed by atoms with van der Waals surface area (Å²) in [6.45, 7) is 1.92. The number of aliphatic hydroxyl groups is 1. The molecule has 1 amide bonds. The van der Waals surface area contributed by atoms with Crippen LogP contribution < -0.4 is 4.90 Å². The summed E-state index contributed by atoms with van der Waals surface area (Å²) in [7, 11) is 0. The van der Waals surface area contributed by atoms with Crippen LogP contribution in [0.15, 0.2) is 76.9 Å². The zero-order valence-electron chi connectivity index (χ0n) is 14.9. The van der Waals surface area contributed by atoms with E-state index in [-0.39, 0.29) is 11.3 Å². The van der Waals surface area contributed by atoms with Gasteiger partial charge < -0.3 is 9.52 Å². The molecule has 1 atom stereocenters. The molecule has 0 aliphatic carbocycles. The quantitative estimate of drug-likeness (QED) is 0.391. The predicted molar refractivity (Wildman–Crippen MR) is 106 cm³/mol. The number of halogens is 1. The predicted octanol–water partition coefficient (Wildman–Crippen LogP) is 4.87. The normalized spacial score (nSPS) is 18.6. The van der Waals surface area contributed by atoms with Crippen molar-refractivity contribution >= 4 is 34.7 Å². The van der Waals surface area contributed by atoms with Crippen LogP contribution in [0.25, 0.3) is 5.76 Å². The van der Waals surface area contributed by atoms with Crippen molar-refractivity contribution in [2.75, 3.05) is 4.90 Å². The fraction of sp³-hybridized carbons (Fsp3) is 0.0909. The van der Waals surface area contributed by atoms with Gasteiger partial charge in [0.15, 0.2) is 0 Å². The second-order valence-electron chi connectivity index (χ2n) is 6.53. The molecule has 2 heterocycles. The second-order valence-corrected chi connectivity index (χ2v) is 6.96. The number of anilines is 1. The summed E-state index contributed by atoms with van der Waals surface area (Å²) in [5, 5.41) is 11.4. The van der Waals surface area contributed by atoms with Crippen LogP contribution in [0.4, 0.5) is 5.69 Å². The molecule has 1 aliphatic heterocycles. The van der Waals surface area contributed by atoms with Gasteiger partial charge >= 0.3 is 0 Å². The SMILES string of the molecule is Cc1ccc(/C(O)=C2/C(=O)C(=O)N(c3ccc(Cl)cc3)C2c2ccco2)cc1. The zero-order valence-corrected chi connectivity index (χ0v) is 15.7. The van der Waals surface area contributed by atoms with Crippen molar-refractivity contribution in [2.45, 2.75) is 13.0 Å². The summed E-state index contributed by atoms with van der Waals surface area (Å²) in [5.74, 6) is -1.37. The van der Waals surface area contributed by atoms with Crippen molar-refractivity contribution in [1.29, 1.82) is 0 Å². The molecule has 1 fully saturated rings. The minimum atomic E-state index is -0.877. The minimum absolute atomic E-state index is 0.0150. The first kappa shape index (κ1) is 18.1. The van der Waals surface area contributed by atoms with Crippen molar-refractivity contribution in [3.63, 3.8) is 0 Å². The Morgan fingerprint density at radius 3 is 2.32 bits per heavy atom. The van der Waals surface area contributed by atoms with E-state index in [0.29, 0.717) is 22.0 Å². The summed E-state index contributed by atoms with van der Waals surface area (Å²) < 4.78 is 5.51. The van der Waals surface area contributed by atoms with Gasteiger partial charge in [-0.2, -0.15) is 0 Å². The van der Waals surface area contributed by atoms with Crippen LogP contribution in [0.3, 0.4) is 0 Å². The van der Waals surface area contributed by atoms with Gasteiger partial charge in [0.05, 0.1) is 11.8 Å². The highest BCUT2D eigenvalue weighted by atomic mass is 35.5. The van der Waals surface area contributed by atoms with Crippen molar-refractivity contribution in [3.8, 4) is 0 Å². The molecule has 3 aromatic rings. The number of benzene rings is 2. The summed E-state index contributed by atoms with van der Waals surface area (Å²) in [5.41, 5.74) is 1.94. The molecule has 28 heavy (non-hydrogen) atoms. The van der Waals surface area contributed by atoms with Gasteiger partial charge in [0, 0.05) is 16.3 Å². The standard InChI is InChI=1S/C22H16ClNO4/c1-13-4-6-14(7-5-13)20(25)18-19(17-3-2-12-28-17)24(22(27)21(18)26)16-10-8-15(23)9-11-16/h2-12,19,25H,1H3/b20-18-. The van der Waals surface area contributed by atoms with Crippen molar-refractivity contribution in [3.05, 3.63) is 94.4 Å². The highest BCUT2D eigenvalue weighted by molar-refractivity contribution is 6.51. The Hall–Kier alpha value is -3.31. The number of aryl methyl sites for hydroxylation is 1. The van der Waals surface area contributed by atoms with E-state index in [0.717, 1.165) is 5.56 Å². The molecule has 140 valence electrons. The van der Waals surface area contributed by atoms with E-state index < -0.39 is 17.7 Å². The van der Waals surface area contributed by atoms with Crippen molar-refractivity contribution in [2.24, 2.45) is 0 Å². The summed E-state index contributed by atoms with van der Waals surface area (Å²) in [4.78, 5) is 27.0. The van der Waals surface area contributed by atoms with Gasteiger partial charge in [-0.05, 0) is 43.3 Å². The molecular weight excluding hydrogens is 378 g/mol. The van der Waals surface area contributed by atoms with Gasteiger partial charge in [-0.3, -0.25) is 14.5 Å². The molecule has 1 N–H and O–H groups in total. The second kappa shape index (κ2) is 7.02. The number of furan rings is 1. The largest absolute Gasteiger partial charge is 0.507 e. The van der Waals surface area contributed by atoms with E-state index in [1.54, 1.807) is 48.5 Å². The maximum Gasteiger partial charge on any atom is 0.300 e. The molecule has 2 aromatic carbocycles. The average molecular weight is 394 g/mol. The number of carbonyl (C=O) groups is 2. The minimum Gasteiger partial charge on any atom is -0.507 e. The molecule has 1 aliphatic rings. The van der Waals surface area contributed by atoms with E-state index in [2.05, 4.69) is 0 Å². The van der Waals surface area contributed by atoms with Crippen LogP contribution in [-0.4, -0.2) is 16.8 Å². The maximum atomic E-state index is 12.9. The zero-order chi connectivity index (χ0) is 19.8. The number of hydrogen-bond acceptors (Lipinski definition) is 4. The smallest absolute Gasteiger partial charge is 0.300 e. The number of amides is 1. The van der Waals surface area contributed by atoms with Crippen LogP contribution in [-0.2, 0) is 9.59 Å². The van der Waals surface area contributed by atoms with Gasteiger partial charge in [0.2, 0.25) is 0 Å². The van der Waals surface area contributed by atoms with Crippen molar-refractivity contribution in [1.82, 2.24) is 0 Å². The lowest BCUT2D eigenvalue weighted by atomic mass is 9.98. The van der Waals surface area contributed by atoms with E-state index in [1.165, 1.54) is 11.2 Å². The topological polar surface area (TPSA) is 70.8 Å². The first-order valence-corrected chi connectivity index (χ1v) is 9.02. The lowest BCUT2D eigenvalue weighted by Crippen LogP contribution is -2.29. The third-order valence-electron chi connectivity index (χ3n) is 4.69. The third kappa shape index (κ3) is 3.00. The molecule has 5 nitrogen and oxygen atoms in total. The number of Topliss-reactive ketones (excluding diaryl/α,β-unsaturated/α-hetero) is 1. The fourth-order valence-electron chi connectivity index (χ4n) is 3.28. The highest BCUT2D eigenvalue weighted by Crippen LogP contribution is 2.42. The molecule has 0 radical (unpaired) electrons. The molecule has 1 saturated heterocycles. The molecule has 4 rings (SSSR count). The number of rotatable bonds is 3. The lowest BCUT2D eigenvalue weighted by Gasteiger charge is -2.23. The average Bonchev–Trinajstić information content (AvgIpc) is 3.30. The molecular formula is C22H16ClNO4. The molecule has 6 heteroatoms. The summed E-state index contributed by atoms with van der Waals surface area (Å²) in [6.07, 6.45) is 1.46. The van der Waals surface area contributed by atoms with Crippen LogP contribution >= 0.6 is 11.6 Å². The number of hydrogen-bond donors (Lipinski definition) is 1. The first-order valence-electron chi connectivity index (χ1n) is 8.64. The number of nitrogens with zero attached hydrogens (tertiary/aromatic N) is 1. The van der Waals surface area contributed by atoms with Crippen LogP contribution in [0.1, 0.15) is 22.9 Å². The van der Waals surface area contributed by atoms with E-state index >= 15 is 0 Å². The number of aliphatic hydroxyl groups excluding tert-OH is 1. The van der Waals surface area contributed by atoms with E-state index in [9.17, 15) is 14.7 Å². The van der Waals surface area contributed by atoms with Gasteiger partial charge in [-0.1, -0.05) is 41.4 Å². The number of ketones is 1. The van der Waals surface area contributed by atoms with Crippen LogP contribution in [0, 0.1) is 6.92 Å².